The number of carbonyl (C=O) groups is 2. The van der Waals surface area contributed by atoms with E-state index in [0.29, 0.717) is 42.8 Å². The molecule has 7 heteroatoms. The molecule has 2 aliphatic rings. The van der Waals surface area contributed by atoms with E-state index < -0.39 is 5.60 Å². The van der Waals surface area contributed by atoms with E-state index in [1.807, 2.05) is 42.2 Å². The zero-order valence-electron chi connectivity index (χ0n) is 16.3. The highest BCUT2D eigenvalue weighted by Crippen LogP contribution is 2.39. The molecule has 0 radical (unpaired) electrons. The minimum Gasteiger partial charge on any atom is -0.486 e. The molecule has 1 saturated heterocycles. The molecule has 1 amide bonds. The summed E-state index contributed by atoms with van der Waals surface area (Å²) in [6.07, 6.45) is 5.85. The summed E-state index contributed by atoms with van der Waals surface area (Å²) < 4.78 is 8.02. The van der Waals surface area contributed by atoms with Crippen molar-refractivity contribution in [2.75, 3.05) is 13.1 Å². The first-order chi connectivity index (χ1) is 14.1. The van der Waals surface area contributed by atoms with Gasteiger partial charge < -0.3 is 9.64 Å². The molecule has 29 heavy (non-hydrogen) atoms. The fraction of sp³-hybridized carbons (Fsp3) is 0.364. The van der Waals surface area contributed by atoms with Gasteiger partial charge in [0, 0.05) is 31.8 Å². The summed E-state index contributed by atoms with van der Waals surface area (Å²) in [5, 5.41) is 4.25. The fourth-order valence-electron chi connectivity index (χ4n) is 4.46. The second-order valence-corrected chi connectivity index (χ2v) is 7.89. The molecule has 7 nitrogen and oxygen atoms in total. The Bertz CT molecular complexity index is 1120. The predicted molar refractivity (Wildman–Crippen MR) is 106 cm³/mol. The number of benzene rings is 1. The van der Waals surface area contributed by atoms with Gasteiger partial charge in [0.05, 0.1) is 29.4 Å². The predicted octanol–water partition coefficient (Wildman–Crippen LogP) is 3.07. The number of para-hydroxylation sites is 1. The molecule has 1 atom stereocenters. The molecule has 1 aromatic carbocycles. The van der Waals surface area contributed by atoms with Crippen LogP contribution in [0.15, 0.2) is 42.7 Å². The fourth-order valence-corrected chi connectivity index (χ4v) is 4.46. The SMILES string of the molecule is Cc1c(C(=O)N2CCCC3(CC2)CC(=O)c2ccccc2O3)cnc2ccnn12. The van der Waals surface area contributed by atoms with Gasteiger partial charge in [-0.25, -0.2) is 9.50 Å². The van der Waals surface area contributed by atoms with Crippen molar-refractivity contribution >= 4 is 17.3 Å². The minimum atomic E-state index is -0.528. The van der Waals surface area contributed by atoms with Crippen LogP contribution in [0.25, 0.3) is 5.65 Å². The van der Waals surface area contributed by atoms with Crippen LogP contribution in [0.1, 0.15) is 52.1 Å². The van der Waals surface area contributed by atoms with Gasteiger partial charge in [-0.15, -0.1) is 0 Å². The average Bonchev–Trinajstić information content (AvgIpc) is 3.12. The number of hydrogen-bond acceptors (Lipinski definition) is 5. The second kappa shape index (κ2) is 6.69. The lowest BCUT2D eigenvalue weighted by atomic mass is 9.84. The Hall–Kier alpha value is -3.22. The van der Waals surface area contributed by atoms with Crippen LogP contribution in [0.3, 0.4) is 0 Å². The summed E-state index contributed by atoms with van der Waals surface area (Å²) in [4.78, 5) is 32.1. The summed E-state index contributed by atoms with van der Waals surface area (Å²) >= 11 is 0. The van der Waals surface area contributed by atoms with Gasteiger partial charge in [0.15, 0.2) is 11.4 Å². The van der Waals surface area contributed by atoms with Crippen LogP contribution in [0, 0.1) is 6.92 Å². The van der Waals surface area contributed by atoms with Crippen LogP contribution in [0.5, 0.6) is 5.75 Å². The first kappa shape index (κ1) is 17.8. The highest BCUT2D eigenvalue weighted by atomic mass is 16.5. The van der Waals surface area contributed by atoms with Crippen molar-refractivity contribution in [1.82, 2.24) is 19.5 Å². The number of Topliss-reactive ketones (excluding diaryl/α,β-unsaturated/α-hetero) is 1. The molecule has 3 aromatic rings. The molecule has 148 valence electrons. The van der Waals surface area contributed by atoms with Crippen molar-refractivity contribution in [1.29, 1.82) is 0 Å². The van der Waals surface area contributed by atoms with Crippen LogP contribution in [0.4, 0.5) is 0 Å². The number of ketones is 1. The standard InChI is InChI=1S/C22H22N4O3/c1-15-17(14-23-20-7-10-24-26(15)20)21(28)25-11-4-8-22(9-12-25)13-18(27)16-5-2-3-6-19(16)29-22/h2-3,5-7,10,14H,4,8-9,11-13H2,1H3. The Morgan fingerprint density at radius 3 is 2.93 bits per heavy atom. The Morgan fingerprint density at radius 1 is 1.17 bits per heavy atom. The van der Waals surface area contributed by atoms with Gasteiger partial charge in [-0.05, 0) is 31.9 Å². The lowest BCUT2D eigenvalue weighted by molar-refractivity contribution is 0.0300. The third-order valence-electron chi connectivity index (χ3n) is 6.07. The van der Waals surface area contributed by atoms with Gasteiger partial charge in [-0.1, -0.05) is 12.1 Å². The minimum absolute atomic E-state index is 0.0491. The zero-order valence-corrected chi connectivity index (χ0v) is 16.3. The van der Waals surface area contributed by atoms with Gasteiger partial charge in [0.2, 0.25) is 0 Å². The third-order valence-corrected chi connectivity index (χ3v) is 6.07. The van der Waals surface area contributed by atoms with Crippen molar-refractivity contribution in [2.24, 2.45) is 0 Å². The first-order valence-electron chi connectivity index (χ1n) is 9.96. The number of aromatic nitrogens is 3. The highest BCUT2D eigenvalue weighted by molar-refractivity contribution is 6.00. The molecular weight excluding hydrogens is 368 g/mol. The van der Waals surface area contributed by atoms with Crippen molar-refractivity contribution in [2.45, 2.75) is 38.2 Å². The Kier molecular flexibility index (Phi) is 4.12. The number of ether oxygens (including phenoxy) is 1. The number of likely N-dealkylation sites (tertiary alicyclic amines) is 1. The lowest BCUT2D eigenvalue weighted by Crippen LogP contribution is -2.43. The molecule has 0 N–H and O–H groups in total. The third kappa shape index (κ3) is 2.97. The maximum atomic E-state index is 13.2. The van der Waals surface area contributed by atoms with Crippen LogP contribution in [0.2, 0.25) is 0 Å². The molecule has 0 saturated carbocycles. The van der Waals surface area contributed by atoms with Gasteiger partial charge >= 0.3 is 0 Å². The van der Waals surface area contributed by atoms with Crippen molar-refractivity contribution in [3.63, 3.8) is 0 Å². The smallest absolute Gasteiger partial charge is 0.257 e. The van der Waals surface area contributed by atoms with E-state index in [1.54, 1.807) is 16.9 Å². The summed E-state index contributed by atoms with van der Waals surface area (Å²) in [6, 6.07) is 9.23. The number of hydrogen-bond donors (Lipinski definition) is 0. The summed E-state index contributed by atoms with van der Waals surface area (Å²) in [6.45, 7) is 3.06. The number of amides is 1. The van der Waals surface area contributed by atoms with Crippen molar-refractivity contribution < 1.29 is 14.3 Å². The number of rotatable bonds is 1. The van der Waals surface area contributed by atoms with Crippen molar-refractivity contribution in [3.8, 4) is 5.75 Å². The molecule has 1 spiro atoms. The van der Waals surface area contributed by atoms with Gasteiger partial charge in [0.25, 0.3) is 5.91 Å². The molecule has 4 heterocycles. The van der Waals surface area contributed by atoms with Crippen LogP contribution in [-0.2, 0) is 0 Å². The molecular formula is C22H22N4O3. The zero-order chi connectivity index (χ0) is 20.0. The maximum absolute atomic E-state index is 13.2. The van der Waals surface area contributed by atoms with E-state index in [1.165, 1.54) is 0 Å². The number of carbonyl (C=O) groups excluding carboxylic acids is 2. The van der Waals surface area contributed by atoms with E-state index in [4.69, 9.17) is 4.74 Å². The van der Waals surface area contributed by atoms with Crippen LogP contribution in [-0.4, -0.2) is 49.9 Å². The van der Waals surface area contributed by atoms with E-state index in [9.17, 15) is 9.59 Å². The molecule has 1 unspecified atom stereocenters. The molecule has 2 aromatic heterocycles. The summed E-state index contributed by atoms with van der Waals surface area (Å²) in [5.41, 5.74) is 2.19. The topological polar surface area (TPSA) is 76.8 Å². The number of fused-ring (bicyclic) bond motifs is 2. The van der Waals surface area contributed by atoms with Crippen LogP contribution >= 0.6 is 0 Å². The van der Waals surface area contributed by atoms with E-state index in [2.05, 4.69) is 10.1 Å². The molecule has 2 aliphatic heterocycles. The van der Waals surface area contributed by atoms with Gasteiger partial charge in [-0.2, -0.15) is 5.10 Å². The molecule has 0 aliphatic carbocycles. The van der Waals surface area contributed by atoms with Crippen LogP contribution < -0.4 is 4.74 Å². The number of aryl methyl sites for hydroxylation is 1. The molecule has 1 fully saturated rings. The summed E-state index contributed by atoms with van der Waals surface area (Å²) in [7, 11) is 0. The molecule has 5 rings (SSSR count). The highest BCUT2D eigenvalue weighted by Gasteiger charge is 2.42. The van der Waals surface area contributed by atoms with Gasteiger partial charge in [0.1, 0.15) is 11.4 Å². The quantitative estimate of drug-likeness (QED) is 0.638. The first-order valence-corrected chi connectivity index (χ1v) is 9.96. The van der Waals surface area contributed by atoms with E-state index in [0.717, 1.165) is 24.2 Å². The Balaban J connectivity index is 1.38. The Labute approximate surface area is 168 Å². The lowest BCUT2D eigenvalue weighted by Gasteiger charge is -2.37. The van der Waals surface area contributed by atoms with Gasteiger partial charge in [-0.3, -0.25) is 9.59 Å². The van der Waals surface area contributed by atoms with E-state index >= 15 is 0 Å². The number of nitrogens with zero attached hydrogens (tertiary/aromatic N) is 4. The molecule has 0 bridgehead atoms. The maximum Gasteiger partial charge on any atom is 0.257 e. The Morgan fingerprint density at radius 2 is 2.03 bits per heavy atom. The monoisotopic (exact) mass is 390 g/mol. The second-order valence-electron chi connectivity index (χ2n) is 7.89. The largest absolute Gasteiger partial charge is 0.486 e. The summed E-state index contributed by atoms with van der Waals surface area (Å²) in [5.74, 6) is 0.732. The average molecular weight is 390 g/mol. The normalized spacial score (nSPS) is 21.7. The van der Waals surface area contributed by atoms with Crippen molar-refractivity contribution in [3.05, 3.63) is 59.5 Å². The van der Waals surface area contributed by atoms with E-state index in [-0.39, 0.29) is 11.7 Å².